The number of nitrogens with one attached hydrogen (secondary N) is 1. The summed E-state index contributed by atoms with van der Waals surface area (Å²) < 4.78 is 14.7. The molecule has 7 heteroatoms. The van der Waals surface area contributed by atoms with Crippen molar-refractivity contribution in [3.63, 3.8) is 0 Å². The van der Waals surface area contributed by atoms with Crippen LogP contribution in [0.4, 0.5) is 4.39 Å². The highest BCUT2D eigenvalue weighted by molar-refractivity contribution is 5.94. The van der Waals surface area contributed by atoms with Crippen LogP contribution in [0.2, 0.25) is 0 Å². The third-order valence-electron chi connectivity index (χ3n) is 3.55. The Labute approximate surface area is 132 Å². The fourth-order valence-corrected chi connectivity index (χ4v) is 2.18. The molecular weight excluding hydrogens is 299 g/mol. The molecule has 1 N–H and O–H groups in total. The molecule has 1 aliphatic rings. The van der Waals surface area contributed by atoms with Gasteiger partial charge in [0.2, 0.25) is 5.91 Å². The minimum absolute atomic E-state index is 0.0117. The maximum absolute atomic E-state index is 13.2. The SMILES string of the molecule is CN(CC(=O)NC1CC1)C(=O)c1ccn(-c2cccc(F)c2)n1. The molecule has 0 radical (unpaired) electrons. The Morgan fingerprint density at radius 3 is 2.87 bits per heavy atom. The Bertz CT molecular complexity index is 739. The summed E-state index contributed by atoms with van der Waals surface area (Å²) in [6, 6.07) is 7.74. The van der Waals surface area contributed by atoms with Gasteiger partial charge in [-0.25, -0.2) is 9.07 Å². The lowest BCUT2D eigenvalue weighted by molar-refractivity contribution is -0.121. The summed E-state index contributed by atoms with van der Waals surface area (Å²) in [4.78, 5) is 25.3. The fourth-order valence-electron chi connectivity index (χ4n) is 2.18. The predicted molar refractivity (Wildman–Crippen MR) is 81.6 cm³/mol. The van der Waals surface area contributed by atoms with E-state index in [0.717, 1.165) is 12.8 Å². The Hall–Kier alpha value is -2.70. The zero-order valence-electron chi connectivity index (χ0n) is 12.7. The number of hydrogen-bond donors (Lipinski definition) is 1. The van der Waals surface area contributed by atoms with E-state index in [1.165, 1.54) is 21.7 Å². The average molecular weight is 316 g/mol. The van der Waals surface area contributed by atoms with Gasteiger partial charge in [-0.15, -0.1) is 0 Å². The van der Waals surface area contributed by atoms with Crippen LogP contribution >= 0.6 is 0 Å². The van der Waals surface area contributed by atoms with E-state index in [0.29, 0.717) is 5.69 Å². The summed E-state index contributed by atoms with van der Waals surface area (Å²) in [6.07, 6.45) is 3.59. The number of carbonyl (C=O) groups excluding carboxylic acids is 2. The molecule has 1 fully saturated rings. The van der Waals surface area contributed by atoms with E-state index in [2.05, 4.69) is 10.4 Å². The minimum Gasteiger partial charge on any atom is -0.352 e. The number of likely N-dealkylation sites (N-methyl/N-ethyl adjacent to an activating group) is 1. The van der Waals surface area contributed by atoms with E-state index in [1.807, 2.05) is 0 Å². The van der Waals surface area contributed by atoms with Crippen molar-refractivity contribution in [2.75, 3.05) is 13.6 Å². The van der Waals surface area contributed by atoms with Gasteiger partial charge < -0.3 is 10.2 Å². The van der Waals surface area contributed by atoms with Crippen LogP contribution in [0.5, 0.6) is 0 Å². The van der Waals surface area contributed by atoms with Crippen molar-refractivity contribution in [1.82, 2.24) is 20.0 Å². The van der Waals surface area contributed by atoms with Gasteiger partial charge in [0, 0.05) is 19.3 Å². The van der Waals surface area contributed by atoms with Crippen molar-refractivity contribution in [3.8, 4) is 5.69 Å². The van der Waals surface area contributed by atoms with Gasteiger partial charge in [-0.05, 0) is 37.1 Å². The molecule has 2 aromatic rings. The Kier molecular flexibility index (Phi) is 4.10. The summed E-state index contributed by atoms with van der Waals surface area (Å²) in [5.74, 6) is -0.904. The molecule has 1 heterocycles. The summed E-state index contributed by atoms with van der Waals surface area (Å²) in [5, 5.41) is 6.98. The predicted octanol–water partition coefficient (Wildman–Crippen LogP) is 1.36. The van der Waals surface area contributed by atoms with Gasteiger partial charge >= 0.3 is 0 Å². The molecule has 0 bridgehead atoms. The lowest BCUT2D eigenvalue weighted by Crippen LogP contribution is -2.39. The molecular formula is C16H17FN4O2. The second kappa shape index (κ2) is 6.20. The van der Waals surface area contributed by atoms with Crippen molar-refractivity contribution in [1.29, 1.82) is 0 Å². The Morgan fingerprint density at radius 1 is 1.39 bits per heavy atom. The number of nitrogens with zero attached hydrogens (tertiary/aromatic N) is 3. The molecule has 1 aromatic heterocycles. The molecule has 120 valence electrons. The van der Waals surface area contributed by atoms with E-state index < -0.39 is 0 Å². The molecule has 1 aliphatic carbocycles. The van der Waals surface area contributed by atoms with Crippen molar-refractivity contribution in [3.05, 3.63) is 48.0 Å². The lowest BCUT2D eigenvalue weighted by atomic mass is 10.3. The van der Waals surface area contributed by atoms with Crippen LogP contribution in [0.3, 0.4) is 0 Å². The zero-order valence-corrected chi connectivity index (χ0v) is 12.7. The first-order valence-electron chi connectivity index (χ1n) is 7.39. The standard InChI is InChI=1S/C16H17FN4O2/c1-20(10-15(22)18-12-5-6-12)16(23)14-7-8-21(19-14)13-4-2-3-11(17)9-13/h2-4,7-9,12H,5-6,10H2,1H3,(H,18,22). The Balaban J connectivity index is 1.66. The van der Waals surface area contributed by atoms with Gasteiger partial charge in [-0.2, -0.15) is 5.10 Å². The van der Waals surface area contributed by atoms with E-state index in [-0.39, 0.29) is 35.9 Å². The van der Waals surface area contributed by atoms with Crippen LogP contribution in [0.15, 0.2) is 36.5 Å². The van der Waals surface area contributed by atoms with Crippen molar-refractivity contribution >= 4 is 11.8 Å². The van der Waals surface area contributed by atoms with Crippen molar-refractivity contribution in [2.24, 2.45) is 0 Å². The summed E-state index contributed by atoms with van der Waals surface area (Å²) in [6.45, 7) is -0.0117. The van der Waals surface area contributed by atoms with E-state index in [4.69, 9.17) is 0 Å². The lowest BCUT2D eigenvalue weighted by Gasteiger charge is -2.15. The van der Waals surface area contributed by atoms with Crippen LogP contribution in [-0.2, 0) is 4.79 Å². The topological polar surface area (TPSA) is 67.2 Å². The first kappa shape index (κ1) is 15.2. The number of carbonyl (C=O) groups is 2. The third-order valence-corrected chi connectivity index (χ3v) is 3.55. The average Bonchev–Trinajstić information content (AvgIpc) is 3.18. The number of halogens is 1. The third kappa shape index (κ3) is 3.74. The quantitative estimate of drug-likeness (QED) is 0.906. The highest BCUT2D eigenvalue weighted by Crippen LogP contribution is 2.18. The number of benzene rings is 1. The molecule has 23 heavy (non-hydrogen) atoms. The number of rotatable bonds is 5. The van der Waals surface area contributed by atoms with Crippen LogP contribution in [0, 0.1) is 5.82 Å². The molecule has 0 saturated heterocycles. The Morgan fingerprint density at radius 2 is 2.17 bits per heavy atom. The normalized spacial score (nSPS) is 13.7. The van der Waals surface area contributed by atoms with Crippen molar-refractivity contribution in [2.45, 2.75) is 18.9 Å². The number of aromatic nitrogens is 2. The number of amides is 2. The molecule has 0 atom stereocenters. The fraction of sp³-hybridized carbons (Fsp3) is 0.312. The number of hydrogen-bond acceptors (Lipinski definition) is 3. The van der Waals surface area contributed by atoms with Gasteiger partial charge in [-0.1, -0.05) is 6.07 Å². The van der Waals surface area contributed by atoms with Crippen LogP contribution in [0.1, 0.15) is 23.3 Å². The van der Waals surface area contributed by atoms with Gasteiger partial charge in [-0.3, -0.25) is 9.59 Å². The molecule has 2 amide bonds. The van der Waals surface area contributed by atoms with Crippen LogP contribution in [0.25, 0.3) is 5.69 Å². The maximum Gasteiger partial charge on any atom is 0.274 e. The van der Waals surface area contributed by atoms with E-state index in [1.54, 1.807) is 31.4 Å². The zero-order chi connectivity index (χ0) is 16.4. The van der Waals surface area contributed by atoms with Gasteiger partial charge in [0.25, 0.3) is 5.91 Å². The summed E-state index contributed by atoms with van der Waals surface area (Å²) in [5.41, 5.74) is 0.731. The first-order chi connectivity index (χ1) is 11.0. The van der Waals surface area contributed by atoms with Crippen molar-refractivity contribution < 1.29 is 14.0 Å². The van der Waals surface area contributed by atoms with Crippen LogP contribution < -0.4 is 5.32 Å². The molecule has 1 aromatic carbocycles. The molecule has 0 spiro atoms. The molecule has 6 nitrogen and oxygen atoms in total. The highest BCUT2D eigenvalue weighted by Gasteiger charge is 2.25. The molecule has 0 unspecified atom stereocenters. The van der Waals surface area contributed by atoms with Gasteiger partial charge in [0.05, 0.1) is 12.2 Å². The van der Waals surface area contributed by atoms with E-state index in [9.17, 15) is 14.0 Å². The van der Waals surface area contributed by atoms with Crippen LogP contribution in [-0.4, -0.2) is 46.1 Å². The first-order valence-corrected chi connectivity index (χ1v) is 7.39. The monoisotopic (exact) mass is 316 g/mol. The maximum atomic E-state index is 13.2. The van der Waals surface area contributed by atoms with E-state index >= 15 is 0 Å². The van der Waals surface area contributed by atoms with Gasteiger partial charge in [0.1, 0.15) is 5.82 Å². The molecule has 3 rings (SSSR count). The summed E-state index contributed by atoms with van der Waals surface area (Å²) in [7, 11) is 1.55. The highest BCUT2D eigenvalue weighted by atomic mass is 19.1. The minimum atomic E-state index is -0.375. The molecule has 0 aliphatic heterocycles. The smallest absolute Gasteiger partial charge is 0.274 e. The van der Waals surface area contributed by atoms with Gasteiger partial charge in [0.15, 0.2) is 5.69 Å². The second-order valence-electron chi connectivity index (χ2n) is 5.63. The second-order valence-corrected chi connectivity index (χ2v) is 5.63. The molecule has 1 saturated carbocycles. The largest absolute Gasteiger partial charge is 0.352 e. The summed E-state index contributed by atoms with van der Waals surface area (Å²) >= 11 is 0.